The van der Waals surface area contributed by atoms with Gasteiger partial charge in [0.25, 0.3) is 0 Å². The zero-order valence-electron chi connectivity index (χ0n) is 11.5. The van der Waals surface area contributed by atoms with Gasteiger partial charge in [0.2, 0.25) is 0 Å². The van der Waals surface area contributed by atoms with Gasteiger partial charge in [-0.15, -0.1) is 0 Å². The zero-order valence-corrected chi connectivity index (χ0v) is 11.5. The van der Waals surface area contributed by atoms with Crippen LogP contribution in [0, 0.1) is 0 Å². The monoisotopic (exact) mass is 261 g/mol. The summed E-state index contributed by atoms with van der Waals surface area (Å²) in [6, 6.07) is 10.8. The van der Waals surface area contributed by atoms with Gasteiger partial charge in [-0.05, 0) is 25.3 Å². The van der Waals surface area contributed by atoms with Crippen molar-refractivity contribution in [1.82, 2.24) is 10.4 Å². The number of allylic oxidation sites excluding steroid dienone is 1. The summed E-state index contributed by atoms with van der Waals surface area (Å²) in [4.78, 5) is 5.81. The molecule has 0 bridgehead atoms. The molecule has 0 aromatic heterocycles. The SMILES string of the molecule is CC(N)=CNC1CCN(OCc2ccccc2)CC1. The molecule has 4 heteroatoms. The van der Waals surface area contributed by atoms with Gasteiger partial charge in [-0.2, -0.15) is 5.06 Å². The lowest BCUT2D eigenvalue weighted by Crippen LogP contribution is -2.40. The molecular weight excluding hydrogens is 238 g/mol. The average molecular weight is 261 g/mol. The van der Waals surface area contributed by atoms with Crippen molar-refractivity contribution >= 4 is 0 Å². The summed E-state index contributed by atoms with van der Waals surface area (Å²) >= 11 is 0. The van der Waals surface area contributed by atoms with Gasteiger partial charge in [-0.1, -0.05) is 30.3 Å². The average Bonchev–Trinajstić information content (AvgIpc) is 2.45. The summed E-state index contributed by atoms with van der Waals surface area (Å²) < 4.78 is 0. The van der Waals surface area contributed by atoms with E-state index in [0.717, 1.165) is 31.6 Å². The number of nitrogens with one attached hydrogen (secondary N) is 1. The molecule has 104 valence electrons. The van der Waals surface area contributed by atoms with E-state index in [1.165, 1.54) is 5.56 Å². The fraction of sp³-hybridized carbons (Fsp3) is 0.467. The molecule has 1 aliphatic heterocycles. The Morgan fingerprint density at radius 2 is 2.05 bits per heavy atom. The van der Waals surface area contributed by atoms with E-state index in [1.807, 2.05) is 31.3 Å². The molecule has 0 spiro atoms. The second-order valence-electron chi connectivity index (χ2n) is 5.02. The van der Waals surface area contributed by atoms with Crippen LogP contribution in [0.1, 0.15) is 25.3 Å². The first-order chi connectivity index (χ1) is 9.24. The van der Waals surface area contributed by atoms with Crippen LogP contribution in [0.3, 0.4) is 0 Å². The summed E-state index contributed by atoms with van der Waals surface area (Å²) in [6.45, 7) is 4.47. The Hall–Kier alpha value is -1.52. The normalized spacial score (nSPS) is 18.5. The van der Waals surface area contributed by atoms with E-state index in [1.54, 1.807) is 0 Å². The fourth-order valence-corrected chi connectivity index (χ4v) is 2.14. The molecule has 2 rings (SSSR count). The van der Waals surface area contributed by atoms with E-state index in [-0.39, 0.29) is 0 Å². The van der Waals surface area contributed by atoms with Gasteiger partial charge in [-0.25, -0.2) is 0 Å². The Labute approximate surface area is 115 Å². The molecule has 0 radical (unpaired) electrons. The summed E-state index contributed by atoms with van der Waals surface area (Å²) in [5.74, 6) is 0. The number of rotatable bonds is 5. The number of benzene rings is 1. The topological polar surface area (TPSA) is 50.5 Å². The third kappa shape index (κ3) is 4.93. The molecule has 1 saturated heterocycles. The van der Waals surface area contributed by atoms with Crippen LogP contribution >= 0.6 is 0 Å². The first-order valence-corrected chi connectivity index (χ1v) is 6.84. The largest absolute Gasteiger partial charge is 0.401 e. The van der Waals surface area contributed by atoms with Crippen molar-refractivity contribution in [3.63, 3.8) is 0 Å². The van der Waals surface area contributed by atoms with Crippen molar-refractivity contribution in [1.29, 1.82) is 0 Å². The molecule has 1 fully saturated rings. The second kappa shape index (κ2) is 7.16. The van der Waals surface area contributed by atoms with E-state index in [9.17, 15) is 0 Å². The van der Waals surface area contributed by atoms with Gasteiger partial charge in [0, 0.05) is 31.0 Å². The molecular formula is C15H23N3O. The Balaban J connectivity index is 1.68. The third-order valence-corrected chi connectivity index (χ3v) is 3.26. The number of hydroxylamine groups is 2. The van der Waals surface area contributed by atoms with Crippen molar-refractivity contribution < 1.29 is 4.84 Å². The molecule has 1 aromatic carbocycles. The van der Waals surface area contributed by atoms with E-state index in [0.29, 0.717) is 12.6 Å². The van der Waals surface area contributed by atoms with Gasteiger partial charge in [0.05, 0.1) is 6.61 Å². The van der Waals surface area contributed by atoms with Gasteiger partial charge in [-0.3, -0.25) is 4.84 Å². The minimum Gasteiger partial charge on any atom is -0.401 e. The Morgan fingerprint density at radius 3 is 2.68 bits per heavy atom. The lowest BCUT2D eigenvalue weighted by Gasteiger charge is -2.31. The van der Waals surface area contributed by atoms with Crippen LogP contribution in [0.25, 0.3) is 0 Å². The standard InChI is InChI=1S/C15H23N3O/c1-13(16)11-17-15-7-9-18(10-8-15)19-12-14-5-3-2-4-6-14/h2-6,11,15,17H,7-10,12,16H2,1H3. The molecule has 1 heterocycles. The van der Waals surface area contributed by atoms with Crippen molar-refractivity contribution in [2.75, 3.05) is 13.1 Å². The van der Waals surface area contributed by atoms with Crippen LogP contribution in [0.5, 0.6) is 0 Å². The lowest BCUT2D eigenvalue weighted by atomic mass is 10.1. The molecule has 0 atom stereocenters. The summed E-state index contributed by atoms with van der Waals surface area (Å²) in [6.07, 6.45) is 4.06. The highest BCUT2D eigenvalue weighted by Crippen LogP contribution is 2.12. The number of hydrogen-bond acceptors (Lipinski definition) is 4. The minimum atomic E-state index is 0.509. The molecule has 1 aromatic rings. The molecule has 3 N–H and O–H groups in total. The van der Waals surface area contributed by atoms with E-state index in [4.69, 9.17) is 10.6 Å². The number of nitrogens with zero attached hydrogens (tertiary/aromatic N) is 1. The predicted octanol–water partition coefficient (Wildman–Crippen LogP) is 1.99. The summed E-state index contributed by atoms with van der Waals surface area (Å²) in [7, 11) is 0. The predicted molar refractivity (Wildman–Crippen MR) is 76.9 cm³/mol. The van der Waals surface area contributed by atoms with Crippen LogP contribution in [0.2, 0.25) is 0 Å². The zero-order chi connectivity index (χ0) is 13.5. The highest BCUT2D eigenvalue weighted by Gasteiger charge is 2.18. The van der Waals surface area contributed by atoms with Gasteiger partial charge in [0.1, 0.15) is 0 Å². The van der Waals surface area contributed by atoms with Crippen molar-refractivity contribution in [3.05, 3.63) is 47.8 Å². The first kappa shape index (κ1) is 13.9. The second-order valence-corrected chi connectivity index (χ2v) is 5.02. The van der Waals surface area contributed by atoms with Crippen molar-refractivity contribution in [2.45, 2.75) is 32.4 Å². The Kier molecular flexibility index (Phi) is 5.24. The molecule has 0 saturated carbocycles. The minimum absolute atomic E-state index is 0.509. The molecule has 0 unspecified atom stereocenters. The number of piperidine rings is 1. The van der Waals surface area contributed by atoms with Crippen molar-refractivity contribution in [2.24, 2.45) is 5.73 Å². The maximum Gasteiger partial charge on any atom is 0.0935 e. The van der Waals surface area contributed by atoms with E-state index in [2.05, 4.69) is 22.5 Å². The van der Waals surface area contributed by atoms with Crippen LogP contribution in [0.15, 0.2) is 42.2 Å². The quantitative estimate of drug-likeness (QED) is 0.851. The number of nitrogens with two attached hydrogens (primary N) is 1. The van der Waals surface area contributed by atoms with Crippen LogP contribution in [-0.2, 0) is 11.4 Å². The van der Waals surface area contributed by atoms with Crippen LogP contribution in [0.4, 0.5) is 0 Å². The van der Waals surface area contributed by atoms with Crippen molar-refractivity contribution in [3.8, 4) is 0 Å². The number of hydrogen-bond donors (Lipinski definition) is 2. The smallest absolute Gasteiger partial charge is 0.0935 e. The van der Waals surface area contributed by atoms with Crippen LogP contribution < -0.4 is 11.1 Å². The molecule has 0 amide bonds. The fourth-order valence-electron chi connectivity index (χ4n) is 2.14. The maximum absolute atomic E-state index is 5.81. The molecule has 19 heavy (non-hydrogen) atoms. The molecule has 0 aliphatic carbocycles. The third-order valence-electron chi connectivity index (χ3n) is 3.26. The van der Waals surface area contributed by atoms with Gasteiger partial charge >= 0.3 is 0 Å². The van der Waals surface area contributed by atoms with E-state index >= 15 is 0 Å². The lowest BCUT2D eigenvalue weighted by molar-refractivity contribution is -0.180. The highest BCUT2D eigenvalue weighted by molar-refractivity contribution is 5.13. The molecule has 4 nitrogen and oxygen atoms in total. The summed E-state index contributed by atoms with van der Waals surface area (Å²) in [5.41, 5.74) is 7.65. The van der Waals surface area contributed by atoms with Gasteiger partial charge < -0.3 is 11.1 Å². The molecule has 1 aliphatic rings. The summed E-state index contributed by atoms with van der Waals surface area (Å²) in [5, 5.41) is 5.41. The first-order valence-electron chi connectivity index (χ1n) is 6.84. The Morgan fingerprint density at radius 1 is 1.37 bits per heavy atom. The maximum atomic E-state index is 5.81. The van der Waals surface area contributed by atoms with Crippen LogP contribution in [-0.4, -0.2) is 24.2 Å². The van der Waals surface area contributed by atoms with Gasteiger partial charge in [0.15, 0.2) is 0 Å². The highest BCUT2D eigenvalue weighted by atomic mass is 16.7. The Bertz CT molecular complexity index is 393. The van der Waals surface area contributed by atoms with E-state index < -0.39 is 0 Å².